The van der Waals surface area contributed by atoms with E-state index in [9.17, 15) is 0 Å². The van der Waals surface area contributed by atoms with Gasteiger partial charge in [-0.1, -0.05) is 22.7 Å². The van der Waals surface area contributed by atoms with E-state index in [1.807, 2.05) is 0 Å². The molecule has 3 atom stereocenters. The van der Waals surface area contributed by atoms with Crippen LogP contribution in [-0.4, -0.2) is 55.3 Å². The summed E-state index contributed by atoms with van der Waals surface area (Å²) in [7, 11) is 2.18. The summed E-state index contributed by atoms with van der Waals surface area (Å²) < 4.78 is 0. The summed E-state index contributed by atoms with van der Waals surface area (Å²) in [5.41, 5.74) is 2.49. The lowest BCUT2D eigenvalue weighted by atomic mass is 9.99. The van der Waals surface area contributed by atoms with E-state index in [1.165, 1.54) is 25.7 Å². The fourth-order valence-electron chi connectivity index (χ4n) is 4.37. The SMILES string of the molecule is CN(c1nc2sc(-c3cnc(-c4cn[nH]c4)cn3)nc2s1)C1C[C@H]2CC[C@@H](C1)N2. The maximum atomic E-state index is 4.88. The van der Waals surface area contributed by atoms with Crippen molar-refractivity contribution >= 4 is 37.5 Å². The van der Waals surface area contributed by atoms with Gasteiger partial charge in [-0.2, -0.15) is 5.10 Å². The summed E-state index contributed by atoms with van der Waals surface area (Å²) in [4.78, 5) is 23.0. The van der Waals surface area contributed by atoms with Crippen molar-refractivity contribution in [3.8, 4) is 22.0 Å². The topological polar surface area (TPSA) is 95.5 Å². The van der Waals surface area contributed by atoms with E-state index < -0.39 is 0 Å². The zero-order chi connectivity index (χ0) is 19.4. The van der Waals surface area contributed by atoms with Crippen molar-refractivity contribution in [3.05, 3.63) is 24.8 Å². The molecule has 2 saturated heterocycles. The minimum atomic E-state index is 0.565. The number of hydrogen-bond donors (Lipinski definition) is 2. The number of thiazole rings is 2. The summed E-state index contributed by atoms with van der Waals surface area (Å²) in [6.07, 6.45) is 12.1. The Balaban J connectivity index is 1.23. The molecule has 2 fully saturated rings. The number of hydrogen-bond acceptors (Lipinski definition) is 9. The van der Waals surface area contributed by atoms with Gasteiger partial charge in [0.2, 0.25) is 0 Å². The number of aromatic amines is 1. The molecule has 0 radical (unpaired) electrons. The Morgan fingerprint density at radius 3 is 2.41 bits per heavy atom. The molecule has 4 aromatic rings. The molecule has 0 saturated carbocycles. The second-order valence-electron chi connectivity index (χ2n) is 7.77. The van der Waals surface area contributed by atoms with Crippen LogP contribution in [0.25, 0.3) is 31.6 Å². The van der Waals surface area contributed by atoms with Gasteiger partial charge in [-0.3, -0.25) is 10.1 Å². The van der Waals surface area contributed by atoms with Crippen LogP contribution in [-0.2, 0) is 0 Å². The second-order valence-corrected chi connectivity index (χ2v) is 9.71. The van der Waals surface area contributed by atoms with Gasteiger partial charge in [-0.25, -0.2) is 15.0 Å². The van der Waals surface area contributed by atoms with Crippen LogP contribution in [0, 0.1) is 0 Å². The van der Waals surface area contributed by atoms with Crippen molar-refractivity contribution in [3.63, 3.8) is 0 Å². The molecule has 148 valence electrons. The van der Waals surface area contributed by atoms with Gasteiger partial charge in [-0.15, -0.1) is 0 Å². The van der Waals surface area contributed by atoms with Crippen molar-refractivity contribution in [1.29, 1.82) is 0 Å². The van der Waals surface area contributed by atoms with Gasteiger partial charge in [-0.05, 0) is 25.7 Å². The molecule has 2 aliphatic heterocycles. The van der Waals surface area contributed by atoms with E-state index >= 15 is 0 Å². The molecule has 0 amide bonds. The molecule has 2 bridgehead atoms. The molecule has 8 nitrogen and oxygen atoms in total. The first-order valence-electron chi connectivity index (χ1n) is 9.81. The Bertz CT molecular complexity index is 1090. The number of aromatic nitrogens is 6. The third-order valence-corrected chi connectivity index (χ3v) is 8.07. The lowest BCUT2D eigenvalue weighted by molar-refractivity contribution is 0.354. The number of piperidine rings is 1. The molecule has 6 rings (SSSR count). The van der Waals surface area contributed by atoms with E-state index in [-0.39, 0.29) is 0 Å². The standard InChI is InChI=1S/C19H20N8S2/c1-27(13-4-11-2-3-12(5-13)24-11)19-26-18-17(29-19)25-16(28-18)15-9-20-14(8-21-15)10-6-22-23-7-10/h6-9,11-13,24H,2-5H2,1H3,(H,22,23)/t11-,12+,13?. The number of nitrogens with zero attached hydrogens (tertiary/aromatic N) is 6. The van der Waals surface area contributed by atoms with Crippen LogP contribution in [0.4, 0.5) is 5.13 Å². The molecule has 2 N–H and O–H groups in total. The molecule has 6 heterocycles. The van der Waals surface area contributed by atoms with Crippen molar-refractivity contribution < 1.29 is 0 Å². The molecular formula is C19H20N8S2. The minimum absolute atomic E-state index is 0.565. The summed E-state index contributed by atoms with van der Waals surface area (Å²) >= 11 is 3.25. The highest BCUT2D eigenvalue weighted by Gasteiger charge is 2.36. The normalized spacial score (nSPS) is 23.7. The van der Waals surface area contributed by atoms with Crippen molar-refractivity contribution in [2.45, 2.75) is 43.8 Å². The van der Waals surface area contributed by atoms with Crippen LogP contribution < -0.4 is 10.2 Å². The van der Waals surface area contributed by atoms with E-state index in [1.54, 1.807) is 47.5 Å². The van der Waals surface area contributed by atoms with Crippen LogP contribution in [0.1, 0.15) is 25.7 Å². The van der Waals surface area contributed by atoms with Crippen molar-refractivity contribution in [2.24, 2.45) is 0 Å². The van der Waals surface area contributed by atoms with Crippen LogP contribution in [0.3, 0.4) is 0 Å². The molecule has 0 aliphatic carbocycles. The molecule has 10 heteroatoms. The smallest absolute Gasteiger partial charge is 0.188 e. The Morgan fingerprint density at radius 2 is 1.72 bits per heavy atom. The molecule has 4 aromatic heterocycles. The van der Waals surface area contributed by atoms with E-state index in [0.29, 0.717) is 18.1 Å². The Labute approximate surface area is 175 Å². The molecule has 0 aromatic carbocycles. The van der Waals surface area contributed by atoms with Gasteiger partial charge >= 0.3 is 0 Å². The lowest BCUT2D eigenvalue weighted by Gasteiger charge is -2.35. The average Bonchev–Trinajstić information content (AvgIpc) is 3.51. The quantitative estimate of drug-likeness (QED) is 0.519. The van der Waals surface area contributed by atoms with E-state index in [0.717, 1.165) is 36.8 Å². The first-order chi connectivity index (χ1) is 14.2. The van der Waals surface area contributed by atoms with Crippen LogP contribution in [0.15, 0.2) is 24.8 Å². The fraction of sp³-hybridized carbons (Fsp3) is 0.421. The third kappa shape index (κ3) is 3.11. The maximum Gasteiger partial charge on any atom is 0.188 e. The first kappa shape index (κ1) is 17.4. The average molecular weight is 425 g/mol. The zero-order valence-corrected chi connectivity index (χ0v) is 17.5. The lowest BCUT2D eigenvalue weighted by Crippen LogP contribution is -2.47. The molecular weight excluding hydrogens is 404 g/mol. The predicted molar refractivity (Wildman–Crippen MR) is 115 cm³/mol. The summed E-state index contributed by atoms with van der Waals surface area (Å²) in [6.45, 7) is 0. The molecule has 29 heavy (non-hydrogen) atoms. The Hall–Kier alpha value is -2.43. The summed E-state index contributed by atoms with van der Waals surface area (Å²) in [5.74, 6) is 0. The summed E-state index contributed by atoms with van der Waals surface area (Å²) in [5, 5.41) is 12.4. The largest absolute Gasteiger partial charge is 0.348 e. The Kier molecular flexibility index (Phi) is 4.10. The minimum Gasteiger partial charge on any atom is -0.348 e. The number of anilines is 1. The van der Waals surface area contributed by atoms with Crippen molar-refractivity contribution in [1.82, 2.24) is 35.5 Å². The number of nitrogens with one attached hydrogen (secondary N) is 2. The molecule has 0 spiro atoms. The molecule has 2 aliphatic rings. The number of fused-ring (bicyclic) bond motifs is 3. The van der Waals surface area contributed by atoms with Crippen LogP contribution >= 0.6 is 22.7 Å². The van der Waals surface area contributed by atoms with Gasteiger partial charge in [0.05, 0.1) is 24.3 Å². The summed E-state index contributed by atoms with van der Waals surface area (Å²) in [6, 6.07) is 1.92. The van der Waals surface area contributed by atoms with Gasteiger partial charge in [0.1, 0.15) is 10.7 Å². The molecule has 1 unspecified atom stereocenters. The third-order valence-electron chi connectivity index (χ3n) is 5.93. The van der Waals surface area contributed by atoms with Gasteiger partial charge < -0.3 is 10.2 Å². The predicted octanol–water partition coefficient (Wildman–Crippen LogP) is 3.32. The first-order valence-corrected chi connectivity index (χ1v) is 11.4. The number of H-pyrrole nitrogens is 1. The zero-order valence-electron chi connectivity index (χ0n) is 15.9. The highest BCUT2D eigenvalue weighted by atomic mass is 32.1. The highest BCUT2D eigenvalue weighted by Crippen LogP contribution is 2.38. The Morgan fingerprint density at radius 1 is 0.966 bits per heavy atom. The monoisotopic (exact) mass is 424 g/mol. The maximum absolute atomic E-state index is 4.88. The van der Waals surface area contributed by atoms with E-state index in [2.05, 4.69) is 37.4 Å². The van der Waals surface area contributed by atoms with Crippen LogP contribution in [0.5, 0.6) is 0 Å². The van der Waals surface area contributed by atoms with Crippen molar-refractivity contribution in [2.75, 3.05) is 11.9 Å². The highest BCUT2D eigenvalue weighted by molar-refractivity contribution is 7.29. The van der Waals surface area contributed by atoms with Gasteiger partial charge in [0.15, 0.2) is 14.8 Å². The van der Waals surface area contributed by atoms with E-state index in [4.69, 9.17) is 9.97 Å². The second kappa shape index (κ2) is 6.82. The van der Waals surface area contributed by atoms with Gasteiger partial charge in [0, 0.05) is 36.9 Å². The number of rotatable bonds is 4. The van der Waals surface area contributed by atoms with Gasteiger partial charge in [0.25, 0.3) is 0 Å². The van der Waals surface area contributed by atoms with Crippen LogP contribution in [0.2, 0.25) is 0 Å². The fourth-order valence-corrected chi connectivity index (χ4v) is 6.40.